The van der Waals surface area contributed by atoms with E-state index in [1.807, 2.05) is 12.2 Å². The zero-order valence-electron chi connectivity index (χ0n) is 11.3. The molecule has 0 heterocycles. The summed E-state index contributed by atoms with van der Waals surface area (Å²) in [5, 5.41) is 0. The Hall–Kier alpha value is -2.08. The minimum absolute atomic E-state index is 1.07. The second-order valence-corrected chi connectivity index (χ2v) is 4.66. The van der Waals surface area contributed by atoms with Crippen molar-refractivity contribution in [3.63, 3.8) is 0 Å². The van der Waals surface area contributed by atoms with Crippen molar-refractivity contribution < 1.29 is 0 Å². The summed E-state index contributed by atoms with van der Waals surface area (Å²) in [5.41, 5.74) is 5.19. The SMILES string of the molecule is C=CCCCc1ccccc1-c1ccc(C=C)cc1. The molecule has 0 bridgehead atoms. The van der Waals surface area contributed by atoms with E-state index in [0.717, 1.165) is 24.8 Å². The fourth-order valence-electron chi connectivity index (χ4n) is 2.26. The highest BCUT2D eigenvalue weighted by molar-refractivity contribution is 5.68. The molecule has 0 N–H and O–H groups in total. The molecule has 0 nitrogen and oxygen atoms in total. The molecule has 2 rings (SSSR count). The molecule has 0 aliphatic carbocycles. The van der Waals surface area contributed by atoms with E-state index in [1.54, 1.807) is 0 Å². The Morgan fingerprint density at radius 2 is 1.63 bits per heavy atom. The van der Waals surface area contributed by atoms with Gasteiger partial charge in [0.25, 0.3) is 0 Å². The minimum Gasteiger partial charge on any atom is -0.103 e. The summed E-state index contributed by atoms with van der Waals surface area (Å²) in [7, 11) is 0. The Balaban J connectivity index is 2.26. The van der Waals surface area contributed by atoms with Crippen LogP contribution in [-0.4, -0.2) is 0 Å². The molecule has 0 atom stereocenters. The lowest BCUT2D eigenvalue weighted by Gasteiger charge is -2.09. The summed E-state index contributed by atoms with van der Waals surface area (Å²) in [6, 6.07) is 17.2. The number of allylic oxidation sites excluding steroid dienone is 1. The Bertz CT molecular complexity index is 547. The summed E-state index contributed by atoms with van der Waals surface area (Å²) in [6.07, 6.45) is 7.20. The largest absolute Gasteiger partial charge is 0.103 e. The molecular formula is C19H20. The fourth-order valence-corrected chi connectivity index (χ4v) is 2.26. The van der Waals surface area contributed by atoms with E-state index in [-0.39, 0.29) is 0 Å². The molecule has 0 spiro atoms. The molecule has 2 aromatic rings. The minimum atomic E-state index is 1.07. The van der Waals surface area contributed by atoms with E-state index in [4.69, 9.17) is 0 Å². The first-order valence-corrected chi connectivity index (χ1v) is 6.77. The Labute approximate surface area is 116 Å². The van der Waals surface area contributed by atoms with Crippen LogP contribution >= 0.6 is 0 Å². The molecule has 0 fully saturated rings. The van der Waals surface area contributed by atoms with E-state index in [1.165, 1.54) is 16.7 Å². The standard InChI is InChI=1S/C19H20/c1-3-5-6-9-17-10-7-8-11-19(17)18-14-12-16(4-2)13-15-18/h3-4,7-8,10-15H,1-2,5-6,9H2. The third-order valence-corrected chi connectivity index (χ3v) is 3.33. The third-order valence-electron chi connectivity index (χ3n) is 3.33. The van der Waals surface area contributed by atoms with Gasteiger partial charge in [-0.25, -0.2) is 0 Å². The van der Waals surface area contributed by atoms with Crippen molar-refractivity contribution in [1.82, 2.24) is 0 Å². The predicted molar refractivity (Wildman–Crippen MR) is 85.1 cm³/mol. The van der Waals surface area contributed by atoms with Crippen LogP contribution in [0.3, 0.4) is 0 Å². The van der Waals surface area contributed by atoms with Crippen molar-refractivity contribution in [3.8, 4) is 11.1 Å². The number of benzene rings is 2. The maximum Gasteiger partial charge on any atom is -0.0152 e. The molecule has 0 aromatic heterocycles. The van der Waals surface area contributed by atoms with E-state index >= 15 is 0 Å². The topological polar surface area (TPSA) is 0 Å². The van der Waals surface area contributed by atoms with Crippen molar-refractivity contribution in [1.29, 1.82) is 0 Å². The average Bonchev–Trinajstić information content (AvgIpc) is 2.48. The quantitative estimate of drug-likeness (QED) is 0.467. The van der Waals surface area contributed by atoms with Gasteiger partial charge in [-0.2, -0.15) is 0 Å². The van der Waals surface area contributed by atoms with Crippen molar-refractivity contribution in [3.05, 3.63) is 78.9 Å². The van der Waals surface area contributed by atoms with E-state index < -0.39 is 0 Å². The van der Waals surface area contributed by atoms with E-state index in [2.05, 4.69) is 61.7 Å². The summed E-state index contributed by atoms with van der Waals surface area (Å²) >= 11 is 0. The smallest absolute Gasteiger partial charge is 0.0152 e. The number of hydrogen-bond acceptors (Lipinski definition) is 0. The molecule has 0 aliphatic heterocycles. The van der Waals surface area contributed by atoms with Gasteiger partial charge < -0.3 is 0 Å². The lowest BCUT2D eigenvalue weighted by atomic mass is 9.95. The molecule has 0 aliphatic rings. The molecule has 0 unspecified atom stereocenters. The lowest BCUT2D eigenvalue weighted by Crippen LogP contribution is -1.90. The van der Waals surface area contributed by atoms with Crippen molar-refractivity contribution in [2.75, 3.05) is 0 Å². The Morgan fingerprint density at radius 3 is 2.32 bits per heavy atom. The van der Waals surface area contributed by atoms with E-state index in [9.17, 15) is 0 Å². The van der Waals surface area contributed by atoms with Crippen molar-refractivity contribution >= 4 is 6.08 Å². The van der Waals surface area contributed by atoms with Gasteiger partial charge in [-0.1, -0.05) is 67.3 Å². The van der Waals surface area contributed by atoms with Gasteiger partial charge in [0, 0.05) is 0 Å². The van der Waals surface area contributed by atoms with Crippen LogP contribution in [0.4, 0.5) is 0 Å². The van der Waals surface area contributed by atoms with Crippen LogP contribution in [0.2, 0.25) is 0 Å². The highest BCUT2D eigenvalue weighted by atomic mass is 14.1. The molecule has 2 aromatic carbocycles. The average molecular weight is 248 g/mol. The molecule has 0 saturated heterocycles. The molecule has 0 radical (unpaired) electrons. The van der Waals surface area contributed by atoms with E-state index in [0.29, 0.717) is 0 Å². The second-order valence-electron chi connectivity index (χ2n) is 4.66. The third kappa shape index (κ3) is 3.45. The van der Waals surface area contributed by atoms with Gasteiger partial charge in [-0.3, -0.25) is 0 Å². The molecular weight excluding hydrogens is 228 g/mol. The van der Waals surface area contributed by atoms with Crippen LogP contribution in [0.25, 0.3) is 17.2 Å². The van der Waals surface area contributed by atoms with Crippen LogP contribution in [0.15, 0.2) is 67.8 Å². The van der Waals surface area contributed by atoms with Crippen molar-refractivity contribution in [2.24, 2.45) is 0 Å². The van der Waals surface area contributed by atoms with Crippen LogP contribution in [-0.2, 0) is 6.42 Å². The Morgan fingerprint density at radius 1 is 0.895 bits per heavy atom. The number of aryl methyl sites for hydroxylation is 1. The second kappa shape index (κ2) is 6.75. The maximum absolute atomic E-state index is 3.79. The summed E-state index contributed by atoms with van der Waals surface area (Å²) in [5.74, 6) is 0. The summed E-state index contributed by atoms with van der Waals surface area (Å²) in [4.78, 5) is 0. The summed E-state index contributed by atoms with van der Waals surface area (Å²) < 4.78 is 0. The predicted octanol–water partition coefficient (Wildman–Crippen LogP) is 5.51. The first kappa shape index (κ1) is 13.4. The van der Waals surface area contributed by atoms with Crippen LogP contribution in [0.1, 0.15) is 24.0 Å². The van der Waals surface area contributed by atoms with Gasteiger partial charge in [0.1, 0.15) is 0 Å². The highest BCUT2D eigenvalue weighted by Gasteiger charge is 2.03. The lowest BCUT2D eigenvalue weighted by molar-refractivity contribution is 0.845. The maximum atomic E-state index is 3.79. The van der Waals surface area contributed by atoms with Gasteiger partial charge in [-0.15, -0.1) is 6.58 Å². The molecule has 0 amide bonds. The van der Waals surface area contributed by atoms with Gasteiger partial charge >= 0.3 is 0 Å². The number of rotatable bonds is 6. The van der Waals surface area contributed by atoms with Gasteiger partial charge in [0.15, 0.2) is 0 Å². The van der Waals surface area contributed by atoms with Gasteiger partial charge in [0.2, 0.25) is 0 Å². The summed E-state index contributed by atoms with van der Waals surface area (Å²) in [6.45, 7) is 7.57. The Kier molecular flexibility index (Phi) is 4.74. The number of unbranched alkanes of at least 4 members (excludes halogenated alkanes) is 1. The monoisotopic (exact) mass is 248 g/mol. The highest BCUT2D eigenvalue weighted by Crippen LogP contribution is 2.25. The zero-order chi connectivity index (χ0) is 13.5. The molecule has 0 heteroatoms. The van der Waals surface area contributed by atoms with Crippen LogP contribution in [0.5, 0.6) is 0 Å². The number of hydrogen-bond donors (Lipinski definition) is 0. The molecule has 96 valence electrons. The van der Waals surface area contributed by atoms with Crippen molar-refractivity contribution in [2.45, 2.75) is 19.3 Å². The van der Waals surface area contributed by atoms with Gasteiger partial charge in [0.05, 0.1) is 0 Å². The first-order chi connectivity index (χ1) is 9.35. The van der Waals surface area contributed by atoms with Crippen LogP contribution in [0, 0.1) is 0 Å². The zero-order valence-corrected chi connectivity index (χ0v) is 11.3. The van der Waals surface area contributed by atoms with Crippen LogP contribution < -0.4 is 0 Å². The normalized spacial score (nSPS) is 10.1. The molecule has 0 saturated carbocycles. The molecule has 19 heavy (non-hydrogen) atoms. The van der Waals surface area contributed by atoms with Gasteiger partial charge in [-0.05, 0) is 41.5 Å². The fraction of sp³-hybridized carbons (Fsp3) is 0.158. The first-order valence-electron chi connectivity index (χ1n) is 6.77.